The minimum Gasteiger partial charge on any atom is -0.481 e. The predicted octanol–water partition coefficient (Wildman–Crippen LogP) is 2.75. The number of hydrogen-bond acceptors (Lipinski definition) is 5. The van der Waals surface area contributed by atoms with Crippen LogP contribution in [-0.4, -0.2) is 38.7 Å². The van der Waals surface area contributed by atoms with Crippen molar-refractivity contribution in [2.45, 2.75) is 26.2 Å². The molecule has 0 amide bonds. The van der Waals surface area contributed by atoms with Gasteiger partial charge in [-0.05, 0) is 48.9 Å². The third kappa shape index (κ3) is 3.97. The maximum absolute atomic E-state index is 11.0. The molecule has 7 nitrogen and oxygen atoms in total. The highest BCUT2D eigenvalue weighted by Gasteiger charge is 2.26. The zero-order valence-corrected chi connectivity index (χ0v) is 15.0. The smallest absolute Gasteiger partial charge is 0.318 e. The van der Waals surface area contributed by atoms with Gasteiger partial charge in [0.1, 0.15) is 0 Å². The third-order valence-electron chi connectivity index (χ3n) is 4.72. The van der Waals surface area contributed by atoms with Crippen LogP contribution in [0.1, 0.15) is 23.1 Å². The van der Waals surface area contributed by atoms with Crippen molar-refractivity contribution in [2.24, 2.45) is 5.92 Å². The van der Waals surface area contributed by atoms with E-state index < -0.39 is 17.9 Å². The van der Waals surface area contributed by atoms with Gasteiger partial charge in [-0.1, -0.05) is 24.3 Å². The van der Waals surface area contributed by atoms with Crippen molar-refractivity contribution in [1.82, 2.24) is 9.97 Å². The molecular weight excluding hydrogens is 346 g/mol. The second-order valence-electron chi connectivity index (χ2n) is 6.46. The highest BCUT2D eigenvalue weighted by Crippen LogP contribution is 2.38. The molecule has 3 rings (SSSR count). The Morgan fingerprint density at radius 1 is 1.19 bits per heavy atom. The Hall–Kier alpha value is -3.22. The molecule has 2 aromatic rings. The average molecular weight is 367 g/mol. The molecule has 2 N–H and O–H groups in total. The van der Waals surface area contributed by atoms with E-state index in [9.17, 15) is 9.59 Å². The minimum atomic E-state index is -1.42. The van der Waals surface area contributed by atoms with Crippen LogP contribution < -0.4 is 4.90 Å². The van der Waals surface area contributed by atoms with Gasteiger partial charge in [-0.15, -0.1) is 0 Å². The number of carboxylic acids is 2. The summed E-state index contributed by atoms with van der Waals surface area (Å²) in [5.41, 5.74) is 4.66. The lowest BCUT2D eigenvalue weighted by Crippen LogP contribution is -2.22. The highest BCUT2D eigenvalue weighted by molar-refractivity contribution is 5.93. The highest BCUT2D eigenvalue weighted by atomic mass is 16.4. The van der Waals surface area contributed by atoms with Gasteiger partial charge in [0.25, 0.3) is 0 Å². The summed E-state index contributed by atoms with van der Waals surface area (Å²) in [6, 6.07) is 5.90. The van der Waals surface area contributed by atoms with Gasteiger partial charge in [-0.2, -0.15) is 0 Å². The van der Waals surface area contributed by atoms with Gasteiger partial charge in [0.2, 0.25) is 5.95 Å². The molecule has 27 heavy (non-hydrogen) atoms. The van der Waals surface area contributed by atoms with Crippen molar-refractivity contribution >= 4 is 23.6 Å². The van der Waals surface area contributed by atoms with Crippen LogP contribution in [0.25, 0.3) is 0 Å². The number of allylic oxidation sites excluding steroid dienone is 2. The van der Waals surface area contributed by atoms with Crippen LogP contribution >= 0.6 is 0 Å². The van der Waals surface area contributed by atoms with Crippen molar-refractivity contribution in [3.8, 4) is 0 Å². The molecule has 1 aromatic carbocycles. The number of rotatable bonds is 7. The van der Waals surface area contributed by atoms with E-state index in [0.29, 0.717) is 12.4 Å². The Morgan fingerprint density at radius 2 is 1.89 bits per heavy atom. The van der Waals surface area contributed by atoms with Gasteiger partial charge in [0, 0.05) is 18.9 Å². The number of aryl methyl sites for hydroxylation is 1. The molecule has 0 saturated heterocycles. The predicted molar refractivity (Wildman–Crippen MR) is 100 cm³/mol. The van der Waals surface area contributed by atoms with E-state index in [4.69, 9.17) is 10.2 Å². The van der Waals surface area contributed by atoms with E-state index in [1.54, 1.807) is 24.5 Å². The van der Waals surface area contributed by atoms with Crippen molar-refractivity contribution in [3.63, 3.8) is 0 Å². The van der Waals surface area contributed by atoms with Crippen LogP contribution in [0.5, 0.6) is 0 Å². The quantitative estimate of drug-likeness (QED) is 0.573. The molecule has 140 valence electrons. The number of aliphatic carboxylic acids is 2. The topological polar surface area (TPSA) is 104 Å². The monoisotopic (exact) mass is 367 g/mol. The largest absolute Gasteiger partial charge is 0.481 e. The van der Waals surface area contributed by atoms with E-state index >= 15 is 0 Å². The van der Waals surface area contributed by atoms with Crippen molar-refractivity contribution in [3.05, 3.63) is 59.4 Å². The van der Waals surface area contributed by atoms with Crippen molar-refractivity contribution < 1.29 is 19.8 Å². The lowest BCUT2D eigenvalue weighted by Gasteiger charge is -2.20. The molecule has 2 heterocycles. The first-order valence-electron chi connectivity index (χ1n) is 8.75. The average Bonchev–Trinajstić information content (AvgIpc) is 3.09. The zero-order chi connectivity index (χ0) is 19.4. The SMILES string of the molecule is Cc1ccc(CC=CCC(C(=O)O)C(=O)O)c2c1CCN2c1ncccn1. The molecule has 0 aliphatic carbocycles. The first-order valence-corrected chi connectivity index (χ1v) is 8.75. The molecule has 0 radical (unpaired) electrons. The van der Waals surface area contributed by atoms with E-state index in [2.05, 4.69) is 27.9 Å². The van der Waals surface area contributed by atoms with Crippen LogP contribution in [-0.2, 0) is 22.4 Å². The Kier molecular flexibility index (Phi) is 5.49. The van der Waals surface area contributed by atoms with Crippen LogP contribution in [0.3, 0.4) is 0 Å². The minimum absolute atomic E-state index is 0.0375. The molecule has 0 unspecified atom stereocenters. The summed E-state index contributed by atoms with van der Waals surface area (Å²) in [5, 5.41) is 17.9. The molecule has 1 aromatic heterocycles. The van der Waals surface area contributed by atoms with Gasteiger partial charge in [-0.25, -0.2) is 9.97 Å². The fourth-order valence-electron chi connectivity index (χ4n) is 3.32. The fourth-order valence-corrected chi connectivity index (χ4v) is 3.32. The molecule has 7 heteroatoms. The summed E-state index contributed by atoms with van der Waals surface area (Å²) >= 11 is 0. The molecule has 0 saturated carbocycles. The summed E-state index contributed by atoms with van der Waals surface area (Å²) in [5.74, 6) is -3.41. The second kappa shape index (κ2) is 7.99. The van der Waals surface area contributed by atoms with Crippen LogP contribution in [0.15, 0.2) is 42.7 Å². The first-order chi connectivity index (χ1) is 13.0. The zero-order valence-electron chi connectivity index (χ0n) is 15.0. The lowest BCUT2D eigenvalue weighted by molar-refractivity contribution is -0.154. The number of hydrogen-bond donors (Lipinski definition) is 2. The summed E-state index contributed by atoms with van der Waals surface area (Å²) in [7, 11) is 0. The van der Waals surface area contributed by atoms with E-state index in [-0.39, 0.29) is 6.42 Å². The Bertz CT molecular complexity index is 866. The summed E-state index contributed by atoms with van der Waals surface area (Å²) in [6.07, 6.45) is 8.34. The Balaban J connectivity index is 1.82. The van der Waals surface area contributed by atoms with Gasteiger partial charge in [-0.3, -0.25) is 9.59 Å². The van der Waals surface area contributed by atoms with Crippen LogP contribution in [0.4, 0.5) is 11.6 Å². The van der Waals surface area contributed by atoms with E-state index in [0.717, 1.165) is 24.2 Å². The second-order valence-corrected chi connectivity index (χ2v) is 6.46. The standard InChI is InChI=1S/C20H21N3O4/c1-13-7-8-14(5-2-3-6-16(18(24)25)19(26)27)17-15(13)9-12-23(17)20-21-10-4-11-22-20/h2-4,7-8,10-11,16H,5-6,9,12H2,1H3,(H,24,25)(H,26,27). The van der Waals surface area contributed by atoms with Crippen molar-refractivity contribution in [2.75, 3.05) is 11.4 Å². The third-order valence-corrected chi connectivity index (χ3v) is 4.72. The number of carboxylic acid groups (broad SMARTS) is 2. The number of fused-ring (bicyclic) bond motifs is 1. The van der Waals surface area contributed by atoms with Gasteiger partial charge >= 0.3 is 11.9 Å². The van der Waals surface area contributed by atoms with Gasteiger partial charge in [0.05, 0.1) is 5.69 Å². The Labute approximate surface area is 157 Å². The molecule has 0 bridgehead atoms. The van der Waals surface area contributed by atoms with Crippen LogP contribution in [0, 0.1) is 12.8 Å². The van der Waals surface area contributed by atoms with Gasteiger partial charge in [0.15, 0.2) is 5.92 Å². The lowest BCUT2D eigenvalue weighted by atomic mass is 9.99. The molecule has 0 atom stereocenters. The number of carbonyl (C=O) groups is 2. The van der Waals surface area contributed by atoms with E-state index in [1.807, 2.05) is 12.1 Å². The molecule has 0 fully saturated rings. The summed E-state index contributed by atoms with van der Waals surface area (Å²) in [6.45, 7) is 2.89. The molecule has 1 aliphatic heterocycles. The Morgan fingerprint density at radius 3 is 2.56 bits per heavy atom. The number of benzene rings is 1. The maximum atomic E-state index is 11.0. The van der Waals surface area contributed by atoms with E-state index in [1.165, 1.54) is 11.1 Å². The van der Waals surface area contributed by atoms with Crippen LogP contribution in [0.2, 0.25) is 0 Å². The summed E-state index contributed by atoms with van der Waals surface area (Å²) < 4.78 is 0. The number of nitrogens with zero attached hydrogens (tertiary/aromatic N) is 3. The van der Waals surface area contributed by atoms with Gasteiger partial charge < -0.3 is 15.1 Å². The normalized spacial score (nSPS) is 13.3. The number of anilines is 2. The first kappa shape index (κ1) is 18.6. The fraction of sp³-hybridized carbons (Fsp3) is 0.300. The number of aromatic nitrogens is 2. The maximum Gasteiger partial charge on any atom is 0.318 e. The molecular formula is C20H21N3O4. The molecule has 0 spiro atoms. The molecule has 1 aliphatic rings. The van der Waals surface area contributed by atoms with Crippen molar-refractivity contribution in [1.29, 1.82) is 0 Å². The summed E-state index contributed by atoms with van der Waals surface area (Å²) in [4.78, 5) is 32.7.